The van der Waals surface area contributed by atoms with Crippen molar-refractivity contribution in [3.63, 3.8) is 0 Å². The third-order valence-corrected chi connectivity index (χ3v) is 4.41. The van der Waals surface area contributed by atoms with E-state index in [4.69, 9.17) is 0 Å². The fraction of sp³-hybridized carbons (Fsp3) is 0.389. The molecule has 1 aliphatic carbocycles. The molecule has 1 heterocycles. The van der Waals surface area contributed by atoms with Crippen molar-refractivity contribution < 1.29 is 9.18 Å². The summed E-state index contributed by atoms with van der Waals surface area (Å²) in [6, 6.07) is 8.46. The fourth-order valence-corrected chi connectivity index (χ4v) is 3.15. The van der Waals surface area contributed by atoms with Crippen LogP contribution in [0.2, 0.25) is 0 Å². The van der Waals surface area contributed by atoms with E-state index in [-0.39, 0.29) is 17.8 Å². The van der Waals surface area contributed by atoms with Crippen LogP contribution in [-0.4, -0.2) is 27.0 Å². The maximum Gasteiger partial charge on any atom is 0.256 e. The van der Waals surface area contributed by atoms with Gasteiger partial charge in [0.15, 0.2) is 0 Å². The Labute approximate surface area is 135 Å². The highest BCUT2D eigenvalue weighted by molar-refractivity contribution is 5.94. The molecule has 5 heteroatoms. The number of hydrogen-bond acceptors (Lipinski definition) is 3. The SMILES string of the molecule is O=C(c1ccnnc1)N(Cc1ccccc1F)C1CCCCC1. The number of carbonyl (C=O) groups excluding carboxylic acids is 1. The summed E-state index contributed by atoms with van der Waals surface area (Å²) in [5, 5.41) is 7.50. The average molecular weight is 313 g/mol. The largest absolute Gasteiger partial charge is 0.331 e. The van der Waals surface area contributed by atoms with Crippen molar-refractivity contribution in [1.29, 1.82) is 0 Å². The van der Waals surface area contributed by atoms with Gasteiger partial charge in [0.1, 0.15) is 5.82 Å². The van der Waals surface area contributed by atoms with E-state index in [0.717, 1.165) is 25.7 Å². The maximum absolute atomic E-state index is 14.0. The normalized spacial score (nSPS) is 15.3. The molecule has 0 N–H and O–H groups in total. The van der Waals surface area contributed by atoms with Crippen molar-refractivity contribution in [1.82, 2.24) is 15.1 Å². The Kier molecular flexibility index (Phi) is 4.95. The molecule has 3 rings (SSSR count). The van der Waals surface area contributed by atoms with Gasteiger partial charge in [-0.2, -0.15) is 10.2 Å². The van der Waals surface area contributed by atoms with Gasteiger partial charge < -0.3 is 4.90 Å². The summed E-state index contributed by atoms with van der Waals surface area (Å²) in [7, 11) is 0. The van der Waals surface area contributed by atoms with E-state index in [0.29, 0.717) is 17.7 Å². The first kappa shape index (κ1) is 15.6. The molecule has 2 aromatic rings. The molecule has 4 nitrogen and oxygen atoms in total. The second kappa shape index (κ2) is 7.31. The molecule has 1 aliphatic rings. The van der Waals surface area contributed by atoms with Gasteiger partial charge in [-0.25, -0.2) is 4.39 Å². The Morgan fingerprint density at radius 1 is 1.13 bits per heavy atom. The minimum Gasteiger partial charge on any atom is -0.331 e. The number of nitrogens with zero attached hydrogens (tertiary/aromatic N) is 3. The van der Waals surface area contributed by atoms with E-state index < -0.39 is 0 Å². The van der Waals surface area contributed by atoms with Crippen LogP contribution in [0.4, 0.5) is 4.39 Å². The van der Waals surface area contributed by atoms with Crippen LogP contribution in [0.25, 0.3) is 0 Å². The Morgan fingerprint density at radius 3 is 2.61 bits per heavy atom. The summed E-state index contributed by atoms with van der Waals surface area (Å²) in [6.07, 6.45) is 8.35. The number of rotatable bonds is 4. The smallest absolute Gasteiger partial charge is 0.256 e. The van der Waals surface area contributed by atoms with Gasteiger partial charge in [0.05, 0.1) is 18.0 Å². The van der Waals surface area contributed by atoms with Gasteiger partial charge in [0, 0.05) is 18.2 Å². The van der Waals surface area contributed by atoms with Crippen LogP contribution in [0.5, 0.6) is 0 Å². The van der Waals surface area contributed by atoms with Crippen molar-refractivity contribution >= 4 is 5.91 Å². The fourth-order valence-electron chi connectivity index (χ4n) is 3.15. The van der Waals surface area contributed by atoms with Gasteiger partial charge in [-0.15, -0.1) is 0 Å². The molecular weight excluding hydrogens is 293 g/mol. The number of aromatic nitrogens is 2. The molecule has 0 spiro atoms. The molecule has 23 heavy (non-hydrogen) atoms. The monoisotopic (exact) mass is 313 g/mol. The first-order valence-corrected chi connectivity index (χ1v) is 8.07. The van der Waals surface area contributed by atoms with E-state index in [2.05, 4.69) is 10.2 Å². The Balaban J connectivity index is 1.87. The topological polar surface area (TPSA) is 46.1 Å². The number of hydrogen-bond donors (Lipinski definition) is 0. The predicted octanol–water partition coefficient (Wildman–Crippen LogP) is 3.59. The summed E-state index contributed by atoms with van der Waals surface area (Å²) < 4.78 is 14.0. The second-order valence-electron chi connectivity index (χ2n) is 5.95. The zero-order chi connectivity index (χ0) is 16.1. The number of carbonyl (C=O) groups is 1. The summed E-state index contributed by atoms with van der Waals surface area (Å²) in [6.45, 7) is 0.290. The van der Waals surface area contributed by atoms with E-state index in [1.165, 1.54) is 24.9 Å². The molecule has 0 bridgehead atoms. The van der Waals surface area contributed by atoms with E-state index in [1.54, 1.807) is 29.2 Å². The lowest BCUT2D eigenvalue weighted by atomic mass is 9.93. The van der Waals surface area contributed by atoms with Gasteiger partial charge in [-0.3, -0.25) is 4.79 Å². The molecule has 1 aromatic heterocycles. The highest BCUT2D eigenvalue weighted by atomic mass is 19.1. The van der Waals surface area contributed by atoms with Crippen molar-refractivity contribution in [2.75, 3.05) is 0 Å². The summed E-state index contributed by atoms with van der Waals surface area (Å²) in [5.41, 5.74) is 1.05. The Hall–Kier alpha value is -2.30. The molecule has 0 aliphatic heterocycles. The van der Waals surface area contributed by atoms with Crippen LogP contribution in [-0.2, 0) is 6.54 Å². The third-order valence-electron chi connectivity index (χ3n) is 4.41. The Morgan fingerprint density at radius 2 is 1.91 bits per heavy atom. The zero-order valence-electron chi connectivity index (χ0n) is 13.0. The van der Waals surface area contributed by atoms with Gasteiger partial charge in [0.25, 0.3) is 5.91 Å². The standard InChI is InChI=1S/C18H20FN3O/c19-17-9-5-4-6-15(17)13-22(16-7-2-1-3-8-16)18(23)14-10-11-20-21-12-14/h4-6,9-12,16H,1-3,7-8,13H2. The molecule has 0 atom stereocenters. The van der Waals surface area contributed by atoms with Crippen LogP contribution in [0.3, 0.4) is 0 Å². The van der Waals surface area contributed by atoms with Crippen molar-refractivity contribution in [2.24, 2.45) is 0 Å². The van der Waals surface area contributed by atoms with Crippen LogP contribution in [0, 0.1) is 5.82 Å². The van der Waals surface area contributed by atoms with Crippen LogP contribution in [0.1, 0.15) is 48.0 Å². The highest BCUT2D eigenvalue weighted by Gasteiger charge is 2.27. The maximum atomic E-state index is 14.0. The predicted molar refractivity (Wildman–Crippen MR) is 85.2 cm³/mol. The minimum atomic E-state index is -0.269. The van der Waals surface area contributed by atoms with E-state index in [9.17, 15) is 9.18 Å². The minimum absolute atomic E-state index is 0.102. The first-order chi connectivity index (χ1) is 11.3. The van der Waals surface area contributed by atoms with Gasteiger partial charge >= 0.3 is 0 Å². The van der Waals surface area contributed by atoms with Crippen LogP contribution >= 0.6 is 0 Å². The van der Waals surface area contributed by atoms with E-state index >= 15 is 0 Å². The van der Waals surface area contributed by atoms with Crippen LogP contribution < -0.4 is 0 Å². The van der Waals surface area contributed by atoms with Crippen LogP contribution in [0.15, 0.2) is 42.7 Å². The molecule has 0 unspecified atom stereocenters. The summed E-state index contributed by atoms with van der Waals surface area (Å²) in [5.74, 6) is -0.371. The zero-order valence-corrected chi connectivity index (χ0v) is 13.0. The molecule has 0 radical (unpaired) electrons. The second-order valence-corrected chi connectivity index (χ2v) is 5.95. The quantitative estimate of drug-likeness (QED) is 0.866. The van der Waals surface area contributed by atoms with Gasteiger partial charge in [-0.05, 0) is 25.0 Å². The molecule has 1 fully saturated rings. The van der Waals surface area contributed by atoms with Gasteiger partial charge in [-0.1, -0.05) is 37.5 Å². The third kappa shape index (κ3) is 3.73. The average Bonchev–Trinajstić information content (AvgIpc) is 2.62. The molecule has 1 amide bonds. The van der Waals surface area contributed by atoms with Crippen molar-refractivity contribution in [2.45, 2.75) is 44.7 Å². The summed E-state index contributed by atoms with van der Waals surface area (Å²) in [4.78, 5) is 14.7. The lowest BCUT2D eigenvalue weighted by Crippen LogP contribution is -2.41. The molecule has 0 saturated heterocycles. The van der Waals surface area contributed by atoms with Crippen molar-refractivity contribution in [3.8, 4) is 0 Å². The number of halogens is 1. The molecule has 1 aromatic carbocycles. The highest BCUT2D eigenvalue weighted by Crippen LogP contribution is 2.26. The first-order valence-electron chi connectivity index (χ1n) is 8.07. The molecule has 1 saturated carbocycles. The number of amides is 1. The lowest BCUT2D eigenvalue weighted by Gasteiger charge is -2.34. The molecule has 120 valence electrons. The Bertz CT molecular complexity index is 656. The molecular formula is C18H20FN3O. The number of benzene rings is 1. The van der Waals surface area contributed by atoms with E-state index in [1.807, 2.05) is 0 Å². The van der Waals surface area contributed by atoms with Gasteiger partial charge in [0.2, 0.25) is 0 Å². The lowest BCUT2D eigenvalue weighted by molar-refractivity contribution is 0.0611. The van der Waals surface area contributed by atoms with Crippen molar-refractivity contribution in [3.05, 3.63) is 59.7 Å². The summed E-state index contributed by atoms with van der Waals surface area (Å²) >= 11 is 0.